The van der Waals surface area contributed by atoms with Gasteiger partial charge in [0.1, 0.15) is 11.3 Å². The molecule has 0 radical (unpaired) electrons. The van der Waals surface area contributed by atoms with Crippen molar-refractivity contribution in [1.29, 1.82) is 0 Å². The van der Waals surface area contributed by atoms with Gasteiger partial charge in [-0.05, 0) is 23.8 Å². The van der Waals surface area contributed by atoms with E-state index in [9.17, 15) is 4.79 Å². The minimum atomic E-state index is -0.498. The molecule has 134 valence electrons. The Labute approximate surface area is 151 Å². The molecule has 0 fully saturated rings. The number of esters is 1. The fraction of sp³-hybridized carbons (Fsp3) is 0.211. The van der Waals surface area contributed by atoms with E-state index in [4.69, 9.17) is 14.2 Å². The number of aromatic nitrogens is 3. The molecule has 7 heteroatoms. The molecule has 0 atom stereocenters. The Bertz CT molecular complexity index is 903. The van der Waals surface area contributed by atoms with Crippen molar-refractivity contribution in [1.82, 2.24) is 14.8 Å². The van der Waals surface area contributed by atoms with Gasteiger partial charge in [0.25, 0.3) is 0 Å². The number of ether oxygens (including phenoxy) is 3. The standard InChI is InChI=1S/C19H19N3O4/c1-24-16-6-4-13(5-7-16)11-22-12-15(10-21-22)14-8-17(19(23)26-3)18(25-2)20-9-14/h4-10,12H,11H2,1-3H3. The summed E-state index contributed by atoms with van der Waals surface area (Å²) in [7, 11) is 4.42. The average molecular weight is 353 g/mol. The van der Waals surface area contributed by atoms with Gasteiger partial charge >= 0.3 is 5.97 Å². The minimum absolute atomic E-state index is 0.228. The topological polar surface area (TPSA) is 75.5 Å². The molecule has 0 unspecified atom stereocenters. The third kappa shape index (κ3) is 3.66. The molecule has 3 aromatic rings. The second kappa shape index (κ2) is 7.69. The lowest BCUT2D eigenvalue weighted by Gasteiger charge is -2.07. The Balaban J connectivity index is 1.83. The molecule has 0 aliphatic carbocycles. The third-order valence-corrected chi connectivity index (χ3v) is 3.92. The first-order valence-corrected chi connectivity index (χ1v) is 7.92. The molecule has 0 aliphatic heterocycles. The van der Waals surface area contributed by atoms with Crippen LogP contribution in [0.5, 0.6) is 11.6 Å². The number of benzene rings is 1. The van der Waals surface area contributed by atoms with Crippen LogP contribution in [0.15, 0.2) is 48.9 Å². The quantitative estimate of drug-likeness (QED) is 0.634. The summed E-state index contributed by atoms with van der Waals surface area (Å²) in [5, 5.41) is 4.38. The van der Waals surface area contributed by atoms with E-state index in [1.165, 1.54) is 14.2 Å². The van der Waals surface area contributed by atoms with Gasteiger partial charge in [0, 0.05) is 23.5 Å². The van der Waals surface area contributed by atoms with Gasteiger partial charge in [0.2, 0.25) is 5.88 Å². The molecule has 0 aliphatic rings. The monoisotopic (exact) mass is 353 g/mol. The van der Waals surface area contributed by atoms with Crippen molar-refractivity contribution in [3.8, 4) is 22.8 Å². The van der Waals surface area contributed by atoms with Crippen LogP contribution in [0.4, 0.5) is 0 Å². The molecule has 1 aromatic carbocycles. The summed E-state index contributed by atoms with van der Waals surface area (Å²) >= 11 is 0. The van der Waals surface area contributed by atoms with Crippen LogP contribution in [-0.4, -0.2) is 42.1 Å². The largest absolute Gasteiger partial charge is 0.497 e. The van der Waals surface area contributed by atoms with E-state index in [1.807, 2.05) is 35.1 Å². The Morgan fingerprint density at radius 3 is 2.46 bits per heavy atom. The Hall–Kier alpha value is -3.35. The van der Waals surface area contributed by atoms with Gasteiger partial charge < -0.3 is 14.2 Å². The Morgan fingerprint density at radius 2 is 1.81 bits per heavy atom. The molecule has 0 saturated heterocycles. The number of carbonyl (C=O) groups is 1. The summed E-state index contributed by atoms with van der Waals surface area (Å²) < 4.78 is 16.9. The molecular formula is C19H19N3O4. The third-order valence-electron chi connectivity index (χ3n) is 3.92. The summed E-state index contributed by atoms with van der Waals surface area (Å²) in [4.78, 5) is 16.1. The van der Waals surface area contributed by atoms with Crippen LogP contribution in [0.1, 0.15) is 15.9 Å². The van der Waals surface area contributed by atoms with Gasteiger partial charge in [0.05, 0.1) is 34.1 Å². The lowest BCUT2D eigenvalue weighted by molar-refractivity contribution is 0.0596. The summed E-state index contributed by atoms with van der Waals surface area (Å²) in [6.07, 6.45) is 5.27. The summed E-state index contributed by atoms with van der Waals surface area (Å²) in [6, 6.07) is 9.49. The molecule has 26 heavy (non-hydrogen) atoms. The first-order valence-electron chi connectivity index (χ1n) is 7.92. The maximum Gasteiger partial charge on any atom is 0.343 e. The number of carbonyl (C=O) groups excluding carboxylic acids is 1. The lowest BCUT2D eigenvalue weighted by atomic mass is 10.1. The van der Waals surface area contributed by atoms with Gasteiger partial charge in [-0.3, -0.25) is 4.68 Å². The van der Waals surface area contributed by atoms with Gasteiger partial charge in [-0.15, -0.1) is 0 Å². The maximum atomic E-state index is 11.9. The van der Waals surface area contributed by atoms with E-state index in [2.05, 4.69) is 10.1 Å². The first kappa shape index (κ1) is 17.5. The molecule has 7 nitrogen and oxygen atoms in total. The molecule has 0 amide bonds. The van der Waals surface area contributed by atoms with Crippen molar-refractivity contribution < 1.29 is 19.0 Å². The molecular weight excluding hydrogens is 334 g/mol. The van der Waals surface area contributed by atoms with Crippen molar-refractivity contribution in [3.63, 3.8) is 0 Å². The Kier molecular flexibility index (Phi) is 5.17. The second-order valence-electron chi connectivity index (χ2n) is 5.55. The van der Waals surface area contributed by atoms with Crippen molar-refractivity contribution in [2.24, 2.45) is 0 Å². The van der Waals surface area contributed by atoms with Crippen LogP contribution >= 0.6 is 0 Å². The van der Waals surface area contributed by atoms with Crippen molar-refractivity contribution in [3.05, 3.63) is 60.0 Å². The number of pyridine rings is 1. The zero-order chi connectivity index (χ0) is 18.5. The van der Waals surface area contributed by atoms with E-state index in [-0.39, 0.29) is 11.4 Å². The number of rotatable bonds is 6. The summed E-state index contributed by atoms with van der Waals surface area (Å²) in [6.45, 7) is 0.622. The minimum Gasteiger partial charge on any atom is -0.497 e. The van der Waals surface area contributed by atoms with Gasteiger partial charge in [-0.25, -0.2) is 9.78 Å². The van der Waals surface area contributed by atoms with Crippen LogP contribution in [0.2, 0.25) is 0 Å². The summed E-state index contributed by atoms with van der Waals surface area (Å²) in [5.74, 6) is 0.544. The van der Waals surface area contributed by atoms with Crippen LogP contribution in [0.25, 0.3) is 11.1 Å². The van der Waals surface area contributed by atoms with E-state index in [0.717, 1.165) is 22.4 Å². The highest BCUT2D eigenvalue weighted by molar-refractivity contribution is 5.93. The normalized spacial score (nSPS) is 10.4. The van der Waals surface area contributed by atoms with E-state index >= 15 is 0 Å². The summed E-state index contributed by atoms with van der Waals surface area (Å²) in [5.41, 5.74) is 2.98. The zero-order valence-electron chi connectivity index (χ0n) is 14.8. The van der Waals surface area contributed by atoms with Gasteiger partial charge in [0.15, 0.2) is 0 Å². The second-order valence-corrected chi connectivity index (χ2v) is 5.55. The highest BCUT2D eigenvalue weighted by Crippen LogP contribution is 2.25. The van der Waals surface area contributed by atoms with Crippen molar-refractivity contribution in [2.45, 2.75) is 6.54 Å². The fourth-order valence-electron chi connectivity index (χ4n) is 2.55. The SMILES string of the molecule is COC(=O)c1cc(-c2cnn(Cc3ccc(OC)cc3)c2)cnc1OC. The maximum absolute atomic E-state index is 11.9. The zero-order valence-corrected chi connectivity index (χ0v) is 14.8. The fourth-order valence-corrected chi connectivity index (χ4v) is 2.55. The average Bonchev–Trinajstić information content (AvgIpc) is 3.16. The van der Waals surface area contributed by atoms with Crippen LogP contribution in [0, 0.1) is 0 Å². The van der Waals surface area contributed by atoms with Crippen LogP contribution in [0.3, 0.4) is 0 Å². The highest BCUT2D eigenvalue weighted by Gasteiger charge is 2.16. The number of hydrogen-bond donors (Lipinski definition) is 0. The number of nitrogens with zero attached hydrogens (tertiary/aromatic N) is 3. The predicted octanol–water partition coefficient (Wildman–Crippen LogP) is 2.80. The molecule has 0 saturated carbocycles. The molecule has 3 rings (SSSR count). The lowest BCUT2D eigenvalue weighted by Crippen LogP contribution is -2.05. The molecule has 0 N–H and O–H groups in total. The predicted molar refractivity (Wildman–Crippen MR) is 95.4 cm³/mol. The van der Waals surface area contributed by atoms with Crippen LogP contribution < -0.4 is 9.47 Å². The Morgan fingerprint density at radius 1 is 1.04 bits per heavy atom. The molecule has 2 aromatic heterocycles. The van der Waals surface area contributed by atoms with Crippen molar-refractivity contribution in [2.75, 3.05) is 21.3 Å². The molecule has 0 bridgehead atoms. The first-order chi connectivity index (χ1) is 12.6. The van der Waals surface area contributed by atoms with E-state index in [0.29, 0.717) is 6.54 Å². The van der Waals surface area contributed by atoms with Crippen LogP contribution in [-0.2, 0) is 11.3 Å². The van der Waals surface area contributed by atoms with Gasteiger partial charge in [-0.1, -0.05) is 12.1 Å². The van der Waals surface area contributed by atoms with E-state index in [1.54, 1.807) is 25.6 Å². The van der Waals surface area contributed by atoms with Gasteiger partial charge in [-0.2, -0.15) is 5.10 Å². The smallest absolute Gasteiger partial charge is 0.343 e. The number of hydrogen-bond acceptors (Lipinski definition) is 6. The molecule has 2 heterocycles. The highest BCUT2D eigenvalue weighted by atomic mass is 16.5. The molecule has 0 spiro atoms. The van der Waals surface area contributed by atoms with Crippen molar-refractivity contribution >= 4 is 5.97 Å². The van der Waals surface area contributed by atoms with E-state index < -0.39 is 5.97 Å². The number of methoxy groups -OCH3 is 3.